The molecular formula is C15H20N6O. The van der Waals surface area contributed by atoms with Crippen LogP contribution in [0.1, 0.15) is 18.9 Å². The number of ether oxygens (including phenoxy) is 1. The molecule has 22 heavy (non-hydrogen) atoms. The third-order valence-corrected chi connectivity index (χ3v) is 3.77. The summed E-state index contributed by atoms with van der Waals surface area (Å²) in [6.45, 7) is 3.90. The first-order chi connectivity index (χ1) is 10.8. The fourth-order valence-corrected chi connectivity index (χ4v) is 2.49. The lowest BCUT2D eigenvalue weighted by molar-refractivity contribution is 0.397. The van der Waals surface area contributed by atoms with Gasteiger partial charge >= 0.3 is 0 Å². The van der Waals surface area contributed by atoms with E-state index < -0.39 is 0 Å². The third kappa shape index (κ3) is 3.24. The molecule has 2 aromatic rings. The highest BCUT2D eigenvalue weighted by Gasteiger charge is 2.24. The monoisotopic (exact) mass is 300 g/mol. The molecule has 3 rings (SSSR count). The zero-order chi connectivity index (χ0) is 15.4. The number of anilines is 2. The van der Waals surface area contributed by atoms with Crippen LogP contribution in [0.15, 0.2) is 24.8 Å². The summed E-state index contributed by atoms with van der Waals surface area (Å²) < 4.78 is 5.11. The van der Waals surface area contributed by atoms with Crippen molar-refractivity contribution >= 4 is 11.8 Å². The van der Waals surface area contributed by atoms with E-state index in [0.29, 0.717) is 11.9 Å². The Morgan fingerprint density at radius 1 is 1.27 bits per heavy atom. The lowest BCUT2D eigenvalue weighted by Gasteiger charge is -2.17. The van der Waals surface area contributed by atoms with Crippen molar-refractivity contribution in [1.29, 1.82) is 0 Å². The van der Waals surface area contributed by atoms with Gasteiger partial charge in [-0.1, -0.05) is 6.92 Å². The number of nitrogens with one attached hydrogen (secondary N) is 1. The zero-order valence-corrected chi connectivity index (χ0v) is 12.9. The number of methoxy groups -OCH3 is 1. The number of aromatic nitrogens is 4. The first-order valence-corrected chi connectivity index (χ1v) is 7.47. The Balaban J connectivity index is 1.61. The fourth-order valence-electron chi connectivity index (χ4n) is 2.49. The molecule has 1 atom stereocenters. The minimum absolute atomic E-state index is 0.314. The number of aryl methyl sites for hydroxylation is 1. The van der Waals surface area contributed by atoms with Crippen molar-refractivity contribution in [3.05, 3.63) is 30.4 Å². The molecule has 116 valence electrons. The van der Waals surface area contributed by atoms with E-state index in [9.17, 15) is 0 Å². The van der Waals surface area contributed by atoms with Gasteiger partial charge in [-0.05, 0) is 18.4 Å². The van der Waals surface area contributed by atoms with Gasteiger partial charge in [0.25, 0.3) is 0 Å². The predicted molar refractivity (Wildman–Crippen MR) is 84.2 cm³/mol. The van der Waals surface area contributed by atoms with Crippen LogP contribution in [0.25, 0.3) is 0 Å². The smallest absolute Gasteiger partial charge is 0.225 e. The highest BCUT2D eigenvalue weighted by atomic mass is 16.5. The molecule has 1 aliphatic rings. The van der Waals surface area contributed by atoms with Crippen LogP contribution in [-0.2, 0) is 6.42 Å². The summed E-state index contributed by atoms with van der Waals surface area (Å²) in [5.41, 5.74) is 1.16. The molecule has 0 amide bonds. The summed E-state index contributed by atoms with van der Waals surface area (Å²) in [5.74, 6) is 2.13. The van der Waals surface area contributed by atoms with Gasteiger partial charge in [-0.2, -0.15) is 0 Å². The van der Waals surface area contributed by atoms with Crippen LogP contribution >= 0.6 is 0 Å². The maximum atomic E-state index is 5.11. The van der Waals surface area contributed by atoms with Gasteiger partial charge in [-0.25, -0.2) is 19.9 Å². The van der Waals surface area contributed by atoms with Gasteiger partial charge in [0.2, 0.25) is 11.8 Å². The van der Waals surface area contributed by atoms with Crippen LogP contribution in [0.2, 0.25) is 0 Å². The number of hydrogen-bond donors (Lipinski definition) is 1. The van der Waals surface area contributed by atoms with Crippen molar-refractivity contribution in [3.8, 4) is 5.88 Å². The van der Waals surface area contributed by atoms with Gasteiger partial charge in [-0.3, -0.25) is 0 Å². The van der Waals surface area contributed by atoms with Gasteiger partial charge in [0, 0.05) is 37.6 Å². The zero-order valence-electron chi connectivity index (χ0n) is 12.9. The lowest BCUT2D eigenvalue weighted by atomic mass is 10.2. The standard InChI is InChI=1S/C15H20N6O/c1-3-11-7-16-15(17-8-11)21-5-4-12(9-21)20-13-6-14(22-2)19-10-18-13/h6-8,10,12H,3-5,9H2,1-2H3,(H,18,19,20). The molecule has 2 aromatic heterocycles. The Morgan fingerprint density at radius 2 is 2.09 bits per heavy atom. The van der Waals surface area contributed by atoms with E-state index in [2.05, 4.69) is 37.1 Å². The molecule has 0 aromatic carbocycles. The molecule has 3 heterocycles. The normalized spacial score (nSPS) is 17.5. The molecule has 1 saturated heterocycles. The first-order valence-electron chi connectivity index (χ1n) is 7.47. The van der Waals surface area contributed by atoms with E-state index in [1.807, 2.05) is 12.4 Å². The predicted octanol–water partition coefficient (Wildman–Crippen LogP) is 1.53. The van der Waals surface area contributed by atoms with Crippen molar-refractivity contribution in [2.24, 2.45) is 0 Å². The second-order valence-corrected chi connectivity index (χ2v) is 5.27. The Hall–Kier alpha value is -2.44. The number of rotatable bonds is 5. The van der Waals surface area contributed by atoms with Crippen LogP contribution in [0.4, 0.5) is 11.8 Å². The highest BCUT2D eigenvalue weighted by Crippen LogP contribution is 2.19. The largest absolute Gasteiger partial charge is 0.481 e. The van der Waals surface area contributed by atoms with Gasteiger partial charge in [-0.15, -0.1) is 0 Å². The summed E-state index contributed by atoms with van der Waals surface area (Å²) >= 11 is 0. The van der Waals surface area contributed by atoms with Crippen LogP contribution in [-0.4, -0.2) is 46.2 Å². The first kappa shape index (κ1) is 14.5. The van der Waals surface area contributed by atoms with E-state index in [-0.39, 0.29) is 0 Å². The molecule has 1 aliphatic heterocycles. The van der Waals surface area contributed by atoms with Gasteiger partial charge < -0.3 is 15.0 Å². The molecule has 1 unspecified atom stereocenters. The van der Waals surface area contributed by atoms with Gasteiger partial charge in [0.1, 0.15) is 12.1 Å². The molecule has 7 nitrogen and oxygen atoms in total. The van der Waals surface area contributed by atoms with Gasteiger partial charge in [0.15, 0.2) is 0 Å². The maximum absolute atomic E-state index is 5.11. The van der Waals surface area contributed by atoms with Crippen molar-refractivity contribution < 1.29 is 4.74 Å². The van der Waals surface area contributed by atoms with Crippen LogP contribution in [0.3, 0.4) is 0 Å². The summed E-state index contributed by atoms with van der Waals surface area (Å²) in [5, 5.41) is 3.41. The Morgan fingerprint density at radius 3 is 2.82 bits per heavy atom. The average Bonchev–Trinajstić information content (AvgIpc) is 3.03. The van der Waals surface area contributed by atoms with E-state index >= 15 is 0 Å². The van der Waals surface area contributed by atoms with Crippen LogP contribution in [0, 0.1) is 0 Å². The van der Waals surface area contributed by atoms with E-state index in [1.54, 1.807) is 13.2 Å². The van der Waals surface area contributed by atoms with Crippen molar-refractivity contribution in [2.45, 2.75) is 25.8 Å². The quantitative estimate of drug-likeness (QED) is 0.897. The Bertz CT molecular complexity index is 618. The van der Waals surface area contributed by atoms with E-state index in [0.717, 1.165) is 43.3 Å². The number of nitrogens with zero attached hydrogens (tertiary/aromatic N) is 5. The average molecular weight is 300 g/mol. The molecule has 1 N–H and O–H groups in total. The molecule has 1 fully saturated rings. The summed E-state index contributed by atoms with van der Waals surface area (Å²) in [7, 11) is 1.60. The summed E-state index contributed by atoms with van der Waals surface area (Å²) in [6, 6.07) is 2.11. The summed E-state index contributed by atoms with van der Waals surface area (Å²) in [4.78, 5) is 19.3. The molecule has 0 saturated carbocycles. The maximum Gasteiger partial charge on any atom is 0.225 e. The highest BCUT2D eigenvalue weighted by molar-refractivity contribution is 5.41. The van der Waals surface area contributed by atoms with E-state index in [4.69, 9.17) is 4.74 Å². The minimum atomic E-state index is 0.314. The number of hydrogen-bond acceptors (Lipinski definition) is 7. The molecule has 0 aliphatic carbocycles. The van der Waals surface area contributed by atoms with Crippen molar-refractivity contribution in [2.75, 3.05) is 30.4 Å². The Kier molecular flexibility index (Phi) is 4.32. The van der Waals surface area contributed by atoms with Crippen molar-refractivity contribution in [3.63, 3.8) is 0 Å². The minimum Gasteiger partial charge on any atom is -0.481 e. The fraction of sp³-hybridized carbons (Fsp3) is 0.467. The van der Waals surface area contributed by atoms with E-state index in [1.165, 1.54) is 6.33 Å². The lowest BCUT2D eigenvalue weighted by Crippen LogP contribution is -2.27. The van der Waals surface area contributed by atoms with Crippen LogP contribution < -0.4 is 15.0 Å². The summed E-state index contributed by atoms with van der Waals surface area (Å²) in [6.07, 6.45) is 7.28. The molecule has 0 radical (unpaired) electrons. The second-order valence-electron chi connectivity index (χ2n) is 5.27. The van der Waals surface area contributed by atoms with Gasteiger partial charge in [0.05, 0.1) is 7.11 Å². The third-order valence-electron chi connectivity index (χ3n) is 3.77. The van der Waals surface area contributed by atoms with Crippen LogP contribution in [0.5, 0.6) is 5.88 Å². The molecular weight excluding hydrogens is 280 g/mol. The SMILES string of the molecule is CCc1cnc(N2CCC(Nc3cc(OC)ncn3)C2)nc1. The second kappa shape index (κ2) is 6.55. The molecule has 0 spiro atoms. The Labute approximate surface area is 129 Å². The molecule has 7 heteroatoms. The topological polar surface area (TPSA) is 76.1 Å². The van der Waals surface area contributed by atoms with Crippen molar-refractivity contribution in [1.82, 2.24) is 19.9 Å². The molecule has 0 bridgehead atoms.